The van der Waals surface area contributed by atoms with Crippen LogP contribution in [-0.4, -0.2) is 11.5 Å². The van der Waals surface area contributed by atoms with Crippen LogP contribution in [-0.2, 0) is 12.8 Å². The summed E-state index contributed by atoms with van der Waals surface area (Å²) in [7, 11) is 2.78. The van der Waals surface area contributed by atoms with Crippen LogP contribution in [0.3, 0.4) is 0 Å². The van der Waals surface area contributed by atoms with Gasteiger partial charge in [-0.2, -0.15) is 0 Å². The van der Waals surface area contributed by atoms with Gasteiger partial charge >= 0.3 is 0 Å². The molecule has 0 spiro atoms. The molecular weight excluding hydrogens is 203 g/mol. The van der Waals surface area contributed by atoms with Crippen LogP contribution in [0.1, 0.15) is 37.4 Å². The quantitative estimate of drug-likeness (QED) is 0.731. The number of unbranched alkanes of at least 4 members (excludes halogenated alkanes) is 1. The highest BCUT2D eigenvalue weighted by molar-refractivity contribution is 7.19. The summed E-state index contributed by atoms with van der Waals surface area (Å²) in [6.07, 6.45) is 6.02. The molecule has 1 aliphatic heterocycles. The van der Waals surface area contributed by atoms with E-state index >= 15 is 0 Å². The Balaban J connectivity index is 2.19. The Morgan fingerprint density at radius 2 is 2.33 bits per heavy atom. The largest absolute Gasteiger partial charge is 0.341 e. The number of rotatable bonds is 3. The zero-order valence-corrected chi connectivity index (χ0v) is 10.5. The van der Waals surface area contributed by atoms with Gasteiger partial charge in [0, 0.05) is 12.2 Å². The average molecular weight is 222 g/mol. The summed E-state index contributed by atoms with van der Waals surface area (Å²) < 4.78 is 2.20. The molecule has 1 unspecified atom stereocenters. The second-order valence-corrected chi connectivity index (χ2v) is 4.81. The van der Waals surface area contributed by atoms with Crippen LogP contribution in [0.5, 0.6) is 0 Å². The van der Waals surface area contributed by atoms with Crippen molar-refractivity contribution in [2.75, 3.05) is 11.2 Å². The molecule has 2 nitrogen and oxygen atoms in total. The Morgan fingerprint density at radius 1 is 1.47 bits per heavy atom. The standard InChI is InChI=1S/C12H19N2P/c1-2-3-6-11-8-7-10-5-4-9-14(15)12(10)13-11/h7-8H,2-6,9,15H2,1H3. The molecule has 1 aromatic rings. The monoisotopic (exact) mass is 222 g/mol. The second-order valence-electron chi connectivity index (χ2n) is 4.19. The maximum Gasteiger partial charge on any atom is 0.134 e. The first kappa shape index (κ1) is 10.9. The van der Waals surface area contributed by atoms with Gasteiger partial charge in [0.05, 0.1) is 0 Å². The van der Waals surface area contributed by atoms with E-state index in [1.165, 1.54) is 42.8 Å². The van der Waals surface area contributed by atoms with Gasteiger partial charge in [0.2, 0.25) is 0 Å². The fraction of sp³-hybridized carbons (Fsp3) is 0.583. The topological polar surface area (TPSA) is 16.1 Å². The van der Waals surface area contributed by atoms with Crippen molar-refractivity contribution >= 4 is 15.2 Å². The average Bonchev–Trinajstić information content (AvgIpc) is 2.27. The van der Waals surface area contributed by atoms with Gasteiger partial charge < -0.3 is 4.67 Å². The van der Waals surface area contributed by atoms with E-state index in [1.807, 2.05) is 0 Å². The highest BCUT2D eigenvalue weighted by atomic mass is 31.0. The number of aryl methyl sites for hydroxylation is 2. The van der Waals surface area contributed by atoms with Gasteiger partial charge in [0.25, 0.3) is 0 Å². The van der Waals surface area contributed by atoms with Gasteiger partial charge in [-0.25, -0.2) is 4.98 Å². The summed E-state index contributed by atoms with van der Waals surface area (Å²) in [5, 5.41) is 0. The summed E-state index contributed by atoms with van der Waals surface area (Å²) in [4.78, 5) is 4.74. The third-order valence-electron chi connectivity index (χ3n) is 2.92. The van der Waals surface area contributed by atoms with Gasteiger partial charge in [-0.15, -0.1) is 0 Å². The van der Waals surface area contributed by atoms with Crippen molar-refractivity contribution in [1.29, 1.82) is 0 Å². The van der Waals surface area contributed by atoms with Crippen LogP contribution in [0.4, 0.5) is 5.82 Å². The SMILES string of the molecule is CCCCc1ccc2c(n1)N(P)CCC2. The smallest absolute Gasteiger partial charge is 0.134 e. The van der Waals surface area contributed by atoms with E-state index in [0.29, 0.717) is 0 Å². The number of fused-ring (bicyclic) bond motifs is 1. The van der Waals surface area contributed by atoms with Crippen molar-refractivity contribution < 1.29 is 0 Å². The first-order chi connectivity index (χ1) is 7.31. The van der Waals surface area contributed by atoms with Crippen molar-refractivity contribution in [2.45, 2.75) is 39.0 Å². The van der Waals surface area contributed by atoms with Crippen molar-refractivity contribution in [2.24, 2.45) is 0 Å². The molecule has 2 heterocycles. The fourth-order valence-electron chi connectivity index (χ4n) is 2.00. The van der Waals surface area contributed by atoms with E-state index in [9.17, 15) is 0 Å². The van der Waals surface area contributed by atoms with E-state index in [2.05, 4.69) is 33.1 Å². The minimum atomic E-state index is 1.11. The van der Waals surface area contributed by atoms with Gasteiger partial charge in [-0.3, -0.25) is 0 Å². The molecule has 0 aromatic carbocycles. The van der Waals surface area contributed by atoms with Crippen molar-refractivity contribution in [1.82, 2.24) is 4.98 Å². The molecule has 1 atom stereocenters. The molecular formula is C12H19N2P. The highest BCUT2D eigenvalue weighted by Gasteiger charge is 2.15. The van der Waals surface area contributed by atoms with E-state index < -0.39 is 0 Å². The summed E-state index contributed by atoms with van der Waals surface area (Å²) in [6, 6.07) is 4.45. The van der Waals surface area contributed by atoms with E-state index in [4.69, 9.17) is 4.98 Å². The molecule has 0 saturated carbocycles. The summed E-state index contributed by atoms with van der Waals surface area (Å²) in [5.74, 6) is 1.18. The molecule has 0 fully saturated rings. The summed E-state index contributed by atoms with van der Waals surface area (Å²) >= 11 is 0. The number of anilines is 1. The number of pyridine rings is 1. The Kier molecular flexibility index (Phi) is 3.58. The lowest BCUT2D eigenvalue weighted by Crippen LogP contribution is -2.20. The summed E-state index contributed by atoms with van der Waals surface area (Å²) in [5.41, 5.74) is 2.64. The molecule has 0 N–H and O–H groups in total. The van der Waals surface area contributed by atoms with Gasteiger partial charge in [-0.05, 0) is 46.7 Å². The van der Waals surface area contributed by atoms with Crippen LogP contribution >= 0.6 is 9.39 Å². The normalized spacial score (nSPS) is 15.2. The van der Waals surface area contributed by atoms with Crippen LogP contribution in [0, 0.1) is 0 Å². The predicted octanol–water partition coefficient (Wildman–Crippen LogP) is 2.97. The van der Waals surface area contributed by atoms with Crippen LogP contribution < -0.4 is 4.67 Å². The van der Waals surface area contributed by atoms with Crippen LogP contribution in [0.15, 0.2) is 12.1 Å². The zero-order valence-electron chi connectivity index (χ0n) is 9.37. The highest BCUT2D eigenvalue weighted by Crippen LogP contribution is 2.27. The van der Waals surface area contributed by atoms with E-state index in [-0.39, 0.29) is 0 Å². The molecule has 0 radical (unpaired) electrons. The maximum absolute atomic E-state index is 4.74. The lowest BCUT2D eigenvalue weighted by Gasteiger charge is -2.26. The predicted molar refractivity (Wildman–Crippen MR) is 68.2 cm³/mol. The third kappa shape index (κ3) is 2.49. The van der Waals surface area contributed by atoms with E-state index in [0.717, 1.165) is 13.0 Å². The minimum absolute atomic E-state index is 1.11. The molecule has 1 aromatic heterocycles. The van der Waals surface area contributed by atoms with Crippen molar-refractivity contribution in [3.05, 3.63) is 23.4 Å². The first-order valence-electron chi connectivity index (χ1n) is 5.82. The molecule has 82 valence electrons. The molecule has 3 heteroatoms. The fourth-order valence-corrected chi connectivity index (χ4v) is 2.41. The van der Waals surface area contributed by atoms with E-state index in [1.54, 1.807) is 0 Å². The van der Waals surface area contributed by atoms with Gasteiger partial charge in [0.1, 0.15) is 5.82 Å². The molecule has 1 aliphatic rings. The molecule has 0 amide bonds. The molecule has 0 saturated heterocycles. The van der Waals surface area contributed by atoms with Crippen molar-refractivity contribution in [3.8, 4) is 0 Å². The zero-order chi connectivity index (χ0) is 10.7. The van der Waals surface area contributed by atoms with Crippen LogP contribution in [0.25, 0.3) is 0 Å². The molecule has 0 aliphatic carbocycles. The second kappa shape index (κ2) is 4.94. The third-order valence-corrected chi connectivity index (χ3v) is 3.42. The first-order valence-corrected chi connectivity index (χ1v) is 6.34. The Bertz CT molecular complexity index is 338. The Labute approximate surface area is 94.3 Å². The molecule has 0 bridgehead atoms. The lowest BCUT2D eigenvalue weighted by molar-refractivity contribution is 0.751. The number of aromatic nitrogens is 1. The van der Waals surface area contributed by atoms with Crippen LogP contribution in [0.2, 0.25) is 0 Å². The molecule has 2 rings (SSSR count). The number of hydrogen-bond donors (Lipinski definition) is 0. The molecule has 15 heavy (non-hydrogen) atoms. The minimum Gasteiger partial charge on any atom is -0.341 e. The van der Waals surface area contributed by atoms with Gasteiger partial charge in [-0.1, -0.05) is 19.4 Å². The Morgan fingerprint density at radius 3 is 3.13 bits per heavy atom. The van der Waals surface area contributed by atoms with Crippen molar-refractivity contribution in [3.63, 3.8) is 0 Å². The van der Waals surface area contributed by atoms with Gasteiger partial charge in [0.15, 0.2) is 0 Å². The number of nitrogens with zero attached hydrogens (tertiary/aromatic N) is 2. The Hall–Kier alpha value is -0.620. The maximum atomic E-state index is 4.74. The summed E-state index contributed by atoms with van der Waals surface area (Å²) in [6.45, 7) is 3.34. The lowest BCUT2D eigenvalue weighted by atomic mass is 10.1. The number of hydrogen-bond acceptors (Lipinski definition) is 2.